The van der Waals surface area contributed by atoms with Crippen LogP contribution >= 0.6 is 35.0 Å². The number of ketones is 1. The SMILES string of the molecule is CCOC(=O)[C@H](Cc1ccc(NC(=O)c2c(Cl)cncc2Cl)cc1)NC1=C(Sc2nccn2C)C(=O)C1(C)C. The molecule has 3 aromatic rings. The maximum absolute atomic E-state index is 12.9. The van der Waals surface area contributed by atoms with Crippen LogP contribution in [0.4, 0.5) is 5.69 Å². The maximum atomic E-state index is 12.9. The molecule has 2 aromatic heterocycles. The molecule has 4 rings (SSSR count). The van der Waals surface area contributed by atoms with E-state index in [0.29, 0.717) is 27.9 Å². The van der Waals surface area contributed by atoms with E-state index in [2.05, 4.69) is 20.6 Å². The molecule has 1 atom stereocenters. The second-order valence-corrected chi connectivity index (χ2v) is 11.2. The molecule has 0 aliphatic heterocycles. The van der Waals surface area contributed by atoms with Crippen LogP contribution in [0.2, 0.25) is 10.0 Å². The lowest BCUT2D eigenvalue weighted by molar-refractivity contribution is -0.145. The number of imidazole rings is 1. The fraction of sp³-hybridized carbons (Fsp3) is 0.296. The first-order valence-corrected chi connectivity index (χ1v) is 13.7. The van der Waals surface area contributed by atoms with E-state index in [1.807, 2.05) is 25.5 Å². The number of hydrogen-bond donors (Lipinski definition) is 2. The van der Waals surface area contributed by atoms with Gasteiger partial charge in [0.1, 0.15) is 6.04 Å². The quantitative estimate of drug-likeness (QED) is 0.316. The van der Waals surface area contributed by atoms with Gasteiger partial charge in [-0.3, -0.25) is 14.6 Å². The Morgan fingerprint density at radius 2 is 1.82 bits per heavy atom. The van der Waals surface area contributed by atoms with Crippen molar-refractivity contribution in [2.45, 2.75) is 38.4 Å². The summed E-state index contributed by atoms with van der Waals surface area (Å²) in [6, 6.07) is 6.30. The molecule has 12 heteroatoms. The average Bonchev–Trinajstić information content (AvgIpc) is 3.30. The third-order valence-electron chi connectivity index (χ3n) is 6.22. The van der Waals surface area contributed by atoms with Gasteiger partial charge in [-0.2, -0.15) is 0 Å². The summed E-state index contributed by atoms with van der Waals surface area (Å²) in [7, 11) is 1.85. The second-order valence-electron chi connectivity index (χ2n) is 9.36. The van der Waals surface area contributed by atoms with Crippen LogP contribution in [0.3, 0.4) is 0 Å². The monoisotopic (exact) mass is 587 g/mol. The number of carbonyl (C=O) groups excluding carboxylic acids is 3. The number of rotatable bonds is 10. The average molecular weight is 589 g/mol. The van der Waals surface area contributed by atoms with Crippen molar-refractivity contribution in [3.63, 3.8) is 0 Å². The number of aromatic nitrogens is 3. The zero-order valence-electron chi connectivity index (χ0n) is 21.7. The first-order valence-electron chi connectivity index (χ1n) is 12.1. The van der Waals surface area contributed by atoms with Gasteiger partial charge in [0, 0.05) is 49.6 Å². The number of nitrogens with zero attached hydrogens (tertiary/aromatic N) is 3. The number of hydrogen-bond acceptors (Lipinski definition) is 8. The van der Waals surface area contributed by atoms with E-state index in [1.54, 1.807) is 43.6 Å². The Hall–Kier alpha value is -3.34. The molecule has 0 unspecified atom stereocenters. The number of esters is 1. The number of thioether (sulfide) groups is 1. The standard InChI is InChI=1S/C27H27Cl2N5O4S/c1-5-38-25(37)19(33-22-21(23(35)27(22,2)3)39-26-31-10-11-34(26)4)12-15-6-8-16(9-7-15)32-24(36)20-17(28)13-30-14-18(20)29/h6-11,13-14,19,33H,5,12H2,1-4H3,(H,32,36)/t19-/m0/s1. The smallest absolute Gasteiger partial charge is 0.328 e. The van der Waals surface area contributed by atoms with Crippen LogP contribution in [0.1, 0.15) is 36.7 Å². The van der Waals surface area contributed by atoms with Crippen molar-refractivity contribution in [2.24, 2.45) is 12.5 Å². The van der Waals surface area contributed by atoms with Gasteiger partial charge in [0.15, 0.2) is 10.9 Å². The van der Waals surface area contributed by atoms with Crippen molar-refractivity contribution < 1.29 is 19.1 Å². The molecule has 1 aliphatic carbocycles. The molecular formula is C27H27Cl2N5O4S. The molecule has 2 heterocycles. The minimum atomic E-state index is -0.776. The van der Waals surface area contributed by atoms with Gasteiger partial charge in [-0.15, -0.1) is 0 Å². The summed E-state index contributed by atoms with van der Waals surface area (Å²) in [5, 5.41) is 7.02. The highest BCUT2D eigenvalue weighted by atomic mass is 35.5. The van der Waals surface area contributed by atoms with E-state index in [-0.39, 0.29) is 28.0 Å². The van der Waals surface area contributed by atoms with Gasteiger partial charge >= 0.3 is 5.97 Å². The highest BCUT2D eigenvalue weighted by Crippen LogP contribution is 2.48. The molecule has 2 N–H and O–H groups in total. The van der Waals surface area contributed by atoms with E-state index in [0.717, 1.165) is 5.56 Å². The van der Waals surface area contributed by atoms with Gasteiger partial charge < -0.3 is 19.9 Å². The normalized spacial score (nSPS) is 15.0. The van der Waals surface area contributed by atoms with Gasteiger partial charge in [-0.25, -0.2) is 9.78 Å². The van der Waals surface area contributed by atoms with Crippen LogP contribution in [-0.2, 0) is 27.8 Å². The number of pyridine rings is 1. The number of carbonyl (C=O) groups is 3. The number of halogens is 2. The summed E-state index contributed by atoms with van der Waals surface area (Å²) in [4.78, 5) is 47.2. The predicted octanol–water partition coefficient (Wildman–Crippen LogP) is 5.05. The van der Waals surface area contributed by atoms with E-state index in [4.69, 9.17) is 27.9 Å². The summed E-state index contributed by atoms with van der Waals surface area (Å²) in [5.74, 6) is -0.913. The second kappa shape index (κ2) is 11.8. The molecule has 204 valence electrons. The van der Waals surface area contributed by atoms with Crippen molar-refractivity contribution in [3.05, 3.63) is 80.8 Å². The molecule has 0 radical (unpaired) electrons. The van der Waals surface area contributed by atoms with Crippen LogP contribution < -0.4 is 10.6 Å². The number of anilines is 1. The van der Waals surface area contributed by atoms with Gasteiger partial charge in [0.05, 0.1) is 32.5 Å². The number of benzene rings is 1. The molecule has 9 nitrogen and oxygen atoms in total. The summed E-state index contributed by atoms with van der Waals surface area (Å²) in [6.07, 6.45) is 6.46. The molecular weight excluding hydrogens is 561 g/mol. The van der Waals surface area contributed by atoms with Crippen LogP contribution in [-0.4, -0.2) is 44.8 Å². The summed E-state index contributed by atoms with van der Waals surface area (Å²) < 4.78 is 7.16. The zero-order chi connectivity index (χ0) is 28.3. The first kappa shape index (κ1) is 28.7. The van der Waals surface area contributed by atoms with Crippen molar-refractivity contribution in [1.29, 1.82) is 0 Å². The number of Topliss-reactive ketones (excluding diaryl/α,β-unsaturated/α-hetero) is 1. The van der Waals surface area contributed by atoms with Crippen LogP contribution in [0.5, 0.6) is 0 Å². The number of amides is 1. The Bertz CT molecular complexity index is 1430. The van der Waals surface area contributed by atoms with Gasteiger partial charge in [0.2, 0.25) is 0 Å². The molecule has 39 heavy (non-hydrogen) atoms. The lowest BCUT2D eigenvalue weighted by Gasteiger charge is -2.40. The van der Waals surface area contributed by atoms with Gasteiger partial charge in [0.25, 0.3) is 5.91 Å². The molecule has 0 fully saturated rings. The predicted molar refractivity (Wildman–Crippen MR) is 151 cm³/mol. The highest BCUT2D eigenvalue weighted by Gasteiger charge is 2.48. The third-order valence-corrected chi connectivity index (χ3v) is 7.96. The van der Waals surface area contributed by atoms with Crippen LogP contribution in [0, 0.1) is 5.41 Å². The van der Waals surface area contributed by atoms with Crippen molar-refractivity contribution in [3.8, 4) is 0 Å². The van der Waals surface area contributed by atoms with Crippen LogP contribution in [0.15, 0.2) is 64.8 Å². The summed E-state index contributed by atoms with van der Waals surface area (Å²) in [5.41, 5.74) is 1.38. The van der Waals surface area contributed by atoms with Crippen molar-refractivity contribution in [2.75, 3.05) is 11.9 Å². The molecule has 1 aromatic carbocycles. The summed E-state index contributed by atoms with van der Waals surface area (Å²) >= 11 is 13.4. The summed E-state index contributed by atoms with van der Waals surface area (Å²) in [6.45, 7) is 5.60. The van der Waals surface area contributed by atoms with E-state index in [9.17, 15) is 14.4 Å². The molecule has 0 saturated carbocycles. The van der Waals surface area contributed by atoms with Gasteiger partial charge in [-0.05, 0) is 50.2 Å². The van der Waals surface area contributed by atoms with E-state index >= 15 is 0 Å². The number of ether oxygens (including phenoxy) is 1. The Morgan fingerprint density at radius 3 is 2.41 bits per heavy atom. The number of allylic oxidation sites excluding steroid dienone is 2. The minimum Gasteiger partial charge on any atom is -0.464 e. The Balaban J connectivity index is 1.52. The Labute approximate surface area is 240 Å². The van der Waals surface area contributed by atoms with E-state index < -0.39 is 23.3 Å². The number of nitrogens with one attached hydrogen (secondary N) is 2. The Morgan fingerprint density at radius 1 is 1.15 bits per heavy atom. The lowest BCUT2D eigenvalue weighted by Crippen LogP contribution is -2.50. The van der Waals surface area contributed by atoms with Crippen molar-refractivity contribution in [1.82, 2.24) is 19.9 Å². The first-order chi connectivity index (χ1) is 18.5. The third kappa shape index (κ3) is 6.13. The molecule has 0 spiro atoms. The maximum Gasteiger partial charge on any atom is 0.328 e. The largest absolute Gasteiger partial charge is 0.464 e. The van der Waals surface area contributed by atoms with Gasteiger partial charge in [-0.1, -0.05) is 35.3 Å². The van der Waals surface area contributed by atoms with E-state index in [1.165, 1.54) is 24.2 Å². The molecule has 0 saturated heterocycles. The molecule has 1 amide bonds. The molecule has 1 aliphatic rings. The fourth-order valence-electron chi connectivity index (χ4n) is 4.01. The van der Waals surface area contributed by atoms with Crippen molar-refractivity contribution >= 4 is 58.3 Å². The topological polar surface area (TPSA) is 115 Å². The lowest BCUT2D eigenvalue weighted by atomic mass is 9.74. The highest BCUT2D eigenvalue weighted by molar-refractivity contribution is 8.04. The molecule has 0 bridgehead atoms. The number of aryl methyl sites for hydroxylation is 1. The fourth-order valence-corrected chi connectivity index (χ4v) is 5.81. The minimum absolute atomic E-state index is 0.0184. The Kier molecular flexibility index (Phi) is 8.68. The zero-order valence-corrected chi connectivity index (χ0v) is 24.1. The van der Waals surface area contributed by atoms with Crippen LogP contribution in [0.25, 0.3) is 0 Å².